The largest absolute Gasteiger partial charge is 0.489 e. The Labute approximate surface area is 150 Å². The number of benzene rings is 1. The van der Waals surface area contributed by atoms with Crippen molar-refractivity contribution >= 4 is 11.7 Å². The van der Waals surface area contributed by atoms with E-state index in [4.69, 9.17) is 4.74 Å². The van der Waals surface area contributed by atoms with Crippen LogP contribution in [-0.4, -0.2) is 55.7 Å². The van der Waals surface area contributed by atoms with Crippen LogP contribution in [0.5, 0.6) is 5.75 Å². The number of anilines is 1. The fourth-order valence-corrected chi connectivity index (χ4v) is 4.25. The topological polar surface area (TPSA) is 44.8 Å². The summed E-state index contributed by atoms with van der Waals surface area (Å²) in [5.74, 6) is 1.97. The van der Waals surface area contributed by atoms with E-state index in [1.807, 2.05) is 36.1 Å². The van der Waals surface area contributed by atoms with E-state index in [9.17, 15) is 4.79 Å². The molecule has 136 valence electrons. The molecule has 2 aliphatic rings. The fraction of sp³-hybridized carbons (Fsp3) is 0.550. The molecule has 2 bridgehead atoms. The average molecular weight is 343 g/mol. The van der Waals surface area contributed by atoms with Crippen molar-refractivity contribution in [1.29, 1.82) is 0 Å². The Morgan fingerprint density at radius 3 is 2.36 bits per heavy atom. The fourth-order valence-electron chi connectivity index (χ4n) is 4.25. The zero-order valence-corrected chi connectivity index (χ0v) is 15.5. The minimum atomic E-state index is 0.00436. The molecule has 1 saturated heterocycles. The highest BCUT2D eigenvalue weighted by Gasteiger charge is 2.44. The van der Waals surface area contributed by atoms with Crippen LogP contribution < -0.4 is 10.1 Å². The molecule has 5 heteroatoms. The smallest absolute Gasteiger partial charge is 0.321 e. The van der Waals surface area contributed by atoms with Crippen LogP contribution >= 0.6 is 0 Å². The highest BCUT2D eigenvalue weighted by Crippen LogP contribution is 2.39. The molecule has 1 unspecified atom stereocenters. The van der Waals surface area contributed by atoms with E-state index in [0.717, 1.165) is 30.1 Å². The number of carbonyl (C=O) groups excluding carboxylic acids is 1. The number of hydrogen-bond donors (Lipinski definition) is 1. The number of urea groups is 1. The molecule has 1 aliphatic carbocycles. The number of hydrogen-bond acceptors (Lipinski definition) is 3. The van der Waals surface area contributed by atoms with Gasteiger partial charge in [0, 0.05) is 24.8 Å². The summed E-state index contributed by atoms with van der Waals surface area (Å²) in [6.45, 7) is 7.97. The van der Waals surface area contributed by atoms with E-state index in [-0.39, 0.29) is 6.03 Å². The molecule has 1 aromatic rings. The normalized spacial score (nSPS) is 25.1. The van der Waals surface area contributed by atoms with Crippen molar-refractivity contribution in [2.75, 3.05) is 39.1 Å². The Morgan fingerprint density at radius 2 is 1.84 bits per heavy atom. The first kappa shape index (κ1) is 17.8. The Kier molecular flexibility index (Phi) is 5.33. The second kappa shape index (κ2) is 7.48. The molecular weight excluding hydrogens is 314 g/mol. The summed E-state index contributed by atoms with van der Waals surface area (Å²) in [6, 6.07) is 8.14. The number of piperidine rings is 1. The van der Waals surface area contributed by atoms with Crippen molar-refractivity contribution in [2.24, 2.45) is 11.8 Å². The molecule has 1 aromatic carbocycles. The SMILES string of the molecule is C=C(C)COc1ccc(NC(=O)N2C[C@H]3CC[C@@H](C2)C3N(C)C)cc1. The molecule has 25 heavy (non-hydrogen) atoms. The predicted molar refractivity (Wildman–Crippen MR) is 101 cm³/mol. The molecule has 5 nitrogen and oxygen atoms in total. The first-order valence-corrected chi connectivity index (χ1v) is 9.03. The summed E-state index contributed by atoms with van der Waals surface area (Å²) in [6.07, 6.45) is 2.46. The number of rotatable bonds is 5. The van der Waals surface area contributed by atoms with Gasteiger partial charge in [-0.15, -0.1) is 0 Å². The number of carbonyl (C=O) groups is 1. The van der Waals surface area contributed by atoms with E-state index < -0.39 is 0 Å². The molecule has 2 amide bonds. The summed E-state index contributed by atoms with van der Waals surface area (Å²) >= 11 is 0. The lowest BCUT2D eigenvalue weighted by atomic mass is 9.91. The Morgan fingerprint density at radius 1 is 1.24 bits per heavy atom. The number of nitrogens with one attached hydrogen (secondary N) is 1. The van der Waals surface area contributed by atoms with Crippen LogP contribution in [0.4, 0.5) is 10.5 Å². The highest BCUT2D eigenvalue weighted by atomic mass is 16.5. The van der Waals surface area contributed by atoms with Gasteiger partial charge in [0.2, 0.25) is 0 Å². The summed E-state index contributed by atoms with van der Waals surface area (Å²) in [5, 5.41) is 3.02. The maximum Gasteiger partial charge on any atom is 0.321 e. The van der Waals surface area contributed by atoms with Crippen molar-refractivity contribution in [3.05, 3.63) is 36.4 Å². The van der Waals surface area contributed by atoms with Crippen LogP contribution in [0.2, 0.25) is 0 Å². The third-order valence-electron chi connectivity index (χ3n) is 5.26. The number of ether oxygens (including phenoxy) is 1. The van der Waals surface area contributed by atoms with Crippen molar-refractivity contribution in [2.45, 2.75) is 25.8 Å². The van der Waals surface area contributed by atoms with Crippen molar-refractivity contribution in [3.63, 3.8) is 0 Å². The quantitative estimate of drug-likeness (QED) is 0.833. The van der Waals surface area contributed by atoms with Gasteiger partial charge in [-0.1, -0.05) is 6.58 Å². The first-order valence-electron chi connectivity index (χ1n) is 9.03. The zero-order valence-electron chi connectivity index (χ0n) is 15.5. The van der Waals surface area contributed by atoms with Gasteiger partial charge in [0.1, 0.15) is 12.4 Å². The first-order chi connectivity index (χ1) is 11.9. The maximum absolute atomic E-state index is 12.6. The monoisotopic (exact) mass is 343 g/mol. The second-order valence-corrected chi connectivity index (χ2v) is 7.66. The van der Waals surface area contributed by atoms with Crippen molar-refractivity contribution in [1.82, 2.24) is 9.80 Å². The Balaban J connectivity index is 1.55. The van der Waals surface area contributed by atoms with Gasteiger partial charge < -0.3 is 19.9 Å². The summed E-state index contributed by atoms with van der Waals surface area (Å²) < 4.78 is 5.59. The maximum atomic E-state index is 12.6. The number of nitrogens with zero attached hydrogens (tertiary/aromatic N) is 2. The van der Waals surface area contributed by atoms with Crippen LogP contribution in [0.25, 0.3) is 0 Å². The second-order valence-electron chi connectivity index (χ2n) is 7.66. The third-order valence-corrected chi connectivity index (χ3v) is 5.26. The minimum Gasteiger partial charge on any atom is -0.489 e. The number of likely N-dealkylation sites (tertiary alicyclic amines) is 1. The van der Waals surface area contributed by atoms with Gasteiger partial charge >= 0.3 is 6.03 Å². The van der Waals surface area contributed by atoms with Gasteiger partial charge in [-0.25, -0.2) is 4.79 Å². The van der Waals surface area contributed by atoms with E-state index in [0.29, 0.717) is 24.5 Å². The van der Waals surface area contributed by atoms with Gasteiger partial charge in [-0.2, -0.15) is 0 Å². The van der Waals surface area contributed by atoms with Crippen LogP contribution in [0.1, 0.15) is 19.8 Å². The molecule has 0 aromatic heterocycles. The lowest BCUT2D eigenvalue weighted by molar-refractivity contribution is 0.0953. The van der Waals surface area contributed by atoms with Crippen molar-refractivity contribution in [3.8, 4) is 5.75 Å². The molecule has 0 spiro atoms. The molecule has 1 aliphatic heterocycles. The highest BCUT2D eigenvalue weighted by molar-refractivity contribution is 5.89. The Bertz CT molecular complexity index is 612. The molecule has 3 rings (SSSR count). The van der Waals surface area contributed by atoms with E-state index in [1.165, 1.54) is 12.8 Å². The van der Waals surface area contributed by atoms with Gasteiger partial charge in [0.25, 0.3) is 0 Å². The van der Waals surface area contributed by atoms with Gasteiger partial charge in [0.15, 0.2) is 0 Å². The van der Waals surface area contributed by atoms with E-state index >= 15 is 0 Å². The lowest BCUT2D eigenvalue weighted by Crippen LogP contribution is -2.53. The lowest BCUT2D eigenvalue weighted by Gasteiger charge is -2.41. The average Bonchev–Trinajstić information content (AvgIpc) is 2.84. The number of amides is 2. The molecule has 1 heterocycles. The Hall–Kier alpha value is -2.01. The van der Waals surface area contributed by atoms with Crippen LogP contribution in [-0.2, 0) is 0 Å². The van der Waals surface area contributed by atoms with Gasteiger partial charge in [-0.05, 0) is 75.5 Å². The van der Waals surface area contributed by atoms with E-state index in [2.05, 4.69) is 30.9 Å². The van der Waals surface area contributed by atoms with Crippen LogP contribution in [0, 0.1) is 11.8 Å². The molecular formula is C20H29N3O2. The minimum absolute atomic E-state index is 0.00436. The molecule has 1 saturated carbocycles. The van der Waals surface area contributed by atoms with E-state index in [1.54, 1.807) is 0 Å². The summed E-state index contributed by atoms with van der Waals surface area (Å²) in [4.78, 5) is 16.9. The molecule has 0 radical (unpaired) electrons. The number of fused-ring (bicyclic) bond motifs is 2. The van der Waals surface area contributed by atoms with Crippen LogP contribution in [0.3, 0.4) is 0 Å². The van der Waals surface area contributed by atoms with Gasteiger partial charge in [-0.3, -0.25) is 0 Å². The zero-order chi connectivity index (χ0) is 18.0. The molecule has 2 fully saturated rings. The van der Waals surface area contributed by atoms with Crippen molar-refractivity contribution < 1.29 is 9.53 Å². The predicted octanol–water partition coefficient (Wildman–Crippen LogP) is 3.45. The van der Waals surface area contributed by atoms with Gasteiger partial charge in [0.05, 0.1) is 0 Å². The summed E-state index contributed by atoms with van der Waals surface area (Å²) in [5.41, 5.74) is 1.78. The molecule has 1 N–H and O–H groups in total. The third kappa shape index (κ3) is 4.15. The standard InChI is InChI=1S/C20H29N3O2/c1-14(2)13-25-18-9-7-17(8-10-18)21-20(24)23-11-15-5-6-16(12-23)19(15)22(3)4/h7-10,15-16,19H,1,5-6,11-13H2,2-4H3,(H,21,24)/t15-,16+,19?. The summed E-state index contributed by atoms with van der Waals surface area (Å²) in [7, 11) is 4.31. The van der Waals surface area contributed by atoms with Crippen LogP contribution in [0.15, 0.2) is 36.4 Å². The molecule has 3 atom stereocenters.